The average molecular weight is 379 g/mol. The molecule has 27 heavy (non-hydrogen) atoms. The van der Waals surface area contributed by atoms with Gasteiger partial charge in [0.15, 0.2) is 0 Å². The van der Waals surface area contributed by atoms with Crippen molar-refractivity contribution in [3.05, 3.63) is 56.4 Å². The van der Waals surface area contributed by atoms with E-state index in [0.717, 1.165) is 36.6 Å². The van der Waals surface area contributed by atoms with Gasteiger partial charge in [0, 0.05) is 27.0 Å². The van der Waals surface area contributed by atoms with Crippen LogP contribution in [0.15, 0.2) is 24.3 Å². The first kappa shape index (κ1) is 16.6. The number of aromatic amines is 1. The number of hydrazine groups is 1. The van der Waals surface area contributed by atoms with Crippen LogP contribution in [0.2, 0.25) is 0 Å². The Kier molecular flexibility index (Phi) is 4.01. The number of carbonyl (C=O) groups excluding carboxylic acids is 2. The van der Waals surface area contributed by atoms with Gasteiger partial charge in [0.25, 0.3) is 11.8 Å². The van der Waals surface area contributed by atoms with Crippen molar-refractivity contribution in [1.82, 2.24) is 15.8 Å². The molecule has 2 aliphatic carbocycles. The molecule has 0 atom stereocenters. The maximum atomic E-state index is 12.5. The van der Waals surface area contributed by atoms with Gasteiger partial charge in [0.1, 0.15) is 0 Å². The molecular formula is C21H21N3O2S. The van der Waals surface area contributed by atoms with Crippen molar-refractivity contribution in [2.45, 2.75) is 44.9 Å². The topological polar surface area (TPSA) is 74.0 Å². The molecule has 3 aromatic rings. The molecular weight excluding hydrogens is 358 g/mol. The molecule has 0 unspecified atom stereocenters. The third kappa shape index (κ3) is 2.94. The van der Waals surface area contributed by atoms with Gasteiger partial charge in [-0.2, -0.15) is 0 Å². The zero-order chi connectivity index (χ0) is 18.4. The van der Waals surface area contributed by atoms with Crippen LogP contribution in [0, 0.1) is 0 Å². The molecule has 0 spiro atoms. The fourth-order valence-corrected chi connectivity index (χ4v) is 5.38. The smallest absolute Gasteiger partial charge is 0.279 e. The summed E-state index contributed by atoms with van der Waals surface area (Å²) in [5.41, 5.74) is 10.7. The van der Waals surface area contributed by atoms with Gasteiger partial charge in [0.05, 0.1) is 4.88 Å². The van der Waals surface area contributed by atoms with Crippen LogP contribution in [0.5, 0.6) is 0 Å². The molecule has 2 amide bonds. The molecule has 6 heteroatoms. The van der Waals surface area contributed by atoms with Crippen molar-refractivity contribution in [3.8, 4) is 0 Å². The first-order chi connectivity index (χ1) is 13.2. The number of aryl methyl sites for hydroxylation is 4. The Labute approximate surface area is 161 Å². The van der Waals surface area contributed by atoms with E-state index in [1.165, 1.54) is 52.3 Å². The van der Waals surface area contributed by atoms with Gasteiger partial charge in [-0.05, 0) is 80.3 Å². The summed E-state index contributed by atoms with van der Waals surface area (Å²) in [7, 11) is 0. The Balaban J connectivity index is 1.31. The fourth-order valence-electron chi connectivity index (χ4n) is 4.24. The molecule has 0 bridgehead atoms. The normalized spacial score (nSPS) is 15.4. The van der Waals surface area contributed by atoms with Gasteiger partial charge in [0.2, 0.25) is 0 Å². The number of carbonyl (C=O) groups is 2. The lowest BCUT2D eigenvalue weighted by Gasteiger charge is -2.10. The highest BCUT2D eigenvalue weighted by molar-refractivity contribution is 7.14. The highest BCUT2D eigenvalue weighted by atomic mass is 32.1. The summed E-state index contributed by atoms with van der Waals surface area (Å²) >= 11 is 1.53. The van der Waals surface area contributed by atoms with Gasteiger partial charge >= 0.3 is 0 Å². The van der Waals surface area contributed by atoms with Gasteiger partial charge in [-0.15, -0.1) is 11.3 Å². The number of rotatable bonds is 2. The SMILES string of the molecule is O=C(NNC(=O)c1cc2c(s1)CCC2)c1ccc2[nH]c3c(c2c1)CCCC3. The van der Waals surface area contributed by atoms with Crippen LogP contribution >= 0.6 is 11.3 Å². The minimum absolute atomic E-state index is 0.247. The van der Waals surface area contributed by atoms with Crippen LogP contribution in [0.1, 0.15) is 61.0 Å². The molecule has 2 heterocycles. The summed E-state index contributed by atoms with van der Waals surface area (Å²) in [5, 5.41) is 1.12. The molecule has 0 saturated carbocycles. The van der Waals surface area contributed by atoms with Crippen LogP contribution < -0.4 is 10.9 Å². The van der Waals surface area contributed by atoms with Crippen LogP contribution in [0.3, 0.4) is 0 Å². The Morgan fingerprint density at radius 2 is 1.78 bits per heavy atom. The van der Waals surface area contributed by atoms with Crippen LogP contribution in [-0.2, 0) is 25.7 Å². The number of thiophene rings is 1. The number of aromatic nitrogens is 1. The maximum Gasteiger partial charge on any atom is 0.279 e. The number of H-pyrrole nitrogens is 1. The average Bonchev–Trinajstić information content (AvgIpc) is 3.37. The van der Waals surface area contributed by atoms with E-state index in [0.29, 0.717) is 10.4 Å². The van der Waals surface area contributed by atoms with Crippen molar-refractivity contribution in [2.24, 2.45) is 0 Å². The van der Waals surface area contributed by atoms with Gasteiger partial charge in [-0.1, -0.05) is 0 Å². The quantitative estimate of drug-likeness (QED) is 0.594. The standard InChI is InChI=1S/C21H21N3O2S/c25-20(23-24-21(26)19-11-12-4-3-7-18(12)27-19)13-8-9-17-15(10-13)14-5-1-2-6-16(14)22-17/h8-11,22H,1-7H2,(H,23,25)(H,24,26). The van der Waals surface area contributed by atoms with Crippen molar-refractivity contribution < 1.29 is 9.59 Å². The monoisotopic (exact) mass is 379 g/mol. The third-order valence-electron chi connectivity index (χ3n) is 5.62. The molecule has 5 rings (SSSR count). The van der Waals surface area contributed by atoms with Crippen molar-refractivity contribution in [3.63, 3.8) is 0 Å². The molecule has 0 radical (unpaired) electrons. The Morgan fingerprint density at radius 3 is 2.67 bits per heavy atom. The molecule has 0 aliphatic heterocycles. The summed E-state index contributed by atoms with van der Waals surface area (Å²) in [6.07, 6.45) is 7.81. The van der Waals surface area contributed by atoms with Gasteiger partial charge in [-0.25, -0.2) is 0 Å². The second-order valence-electron chi connectivity index (χ2n) is 7.37. The molecule has 2 aromatic heterocycles. The lowest BCUT2D eigenvalue weighted by atomic mass is 9.95. The van der Waals surface area contributed by atoms with Crippen LogP contribution in [-0.4, -0.2) is 16.8 Å². The molecule has 2 aliphatic rings. The molecule has 0 saturated heterocycles. The molecule has 1 aromatic carbocycles. The van der Waals surface area contributed by atoms with E-state index in [-0.39, 0.29) is 11.8 Å². The summed E-state index contributed by atoms with van der Waals surface area (Å²) in [6.45, 7) is 0. The predicted octanol–water partition coefficient (Wildman–Crippen LogP) is 3.67. The Hall–Kier alpha value is -2.60. The summed E-state index contributed by atoms with van der Waals surface area (Å²) < 4.78 is 0. The minimum Gasteiger partial charge on any atom is -0.358 e. The summed E-state index contributed by atoms with van der Waals surface area (Å²) in [5.74, 6) is -0.539. The first-order valence-electron chi connectivity index (χ1n) is 9.55. The number of hydrogen-bond acceptors (Lipinski definition) is 3. The van der Waals surface area contributed by atoms with E-state index in [9.17, 15) is 9.59 Å². The lowest BCUT2D eigenvalue weighted by Crippen LogP contribution is -2.41. The zero-order valence-corrected chi connectivity index (χ0v) is 15.8. The van der Waals surface area contributed by atoms with E-state index in [1.54, 1.807) is 6.07 Å². The second-order valence-corrected chi connectivity index (χ2v) is 8.51. The number of amides is 2. The molecule has 0 fully saturated rings. The van der Waals surface area contributed by atoms with E-state index >= 15 is 0 Å². The highest BCUT2D eigenvalue weighted by Crippen LogP contribution is 2.31. The minimum atomic E-state index is -0.292. The van der Waals surface area contributed by atoms with Crippen molar-refractivity contribution >= 4 is 34.1 Å². The summed E-state index contributed by atoms with van der Waals surface area (Å²) in [6, 6.07) is 7.63. The maximum absolute atomic E-state index is 12.5. The van der Waals surface area contributed by atoms with E-state index < -0.39 is 0 Å². The largest absolute Gasteiger partial charge is 0.358 e. The summed E-state index contributed by atoms with van der Waals surface area (Å²) in [4.78, 5) is 30.3. The van der Waals surface area contributed by atoms with Gasteiger partial charge in [-0.3, -0.25) is 20.4 Å². The number of fused-ring (bicyclic) bond motifs is 4. The zero-order valence-electron chi connectivity index (χ0n) is 15.0. The van der Waals surface area contributed by atoms with Crippen LogP contribution in [0.25, 0.3) is 10.9 Å². The van der Waals surface area contributed by atoms with Crippen molar-refractivity contribution in [1.29, 1.82) is 0 Å². The predicted molar refractivity (Wildman–Crippen MR) is 106 cm³/mol. The Bertz CT molecular complexity index is 1040. The van der Waals surface area contributed by atoms with E-state index in [2.05, 4.69) is 15.8 Å². The van der Waals surface area contributed by atoms with Gasteiger partial charge < -0.3 is 4.98 Å². The fraction of sp³-hybridized carbons (Fsp3) is 0.333. The first-order valence-corrected chi connectivity index (χ1v) is 10.4. The second kappa shape index (κ2) is 6.53. The molecule has 5 nitrogen and oxygen atoms in total. The van der Waals surface area contributed by atoms with E-state index in [4.69, 9.17) is 0 Å². The number of nitrogens with one attached hydrogen (secondary N) is 3. The highest BCUT2D eigenvalue weighted by Gasteiger charge is 2.20. The molecule has 138 valence electrons. The van der Waals surface area contributed by atoms with Crippen molar-refractivity contribution in [2.75, 3.05) is 0 Å². The third-order valence-corrected chi connectivity index (χ3v) is 6.86. The lowest BCUT2D eigenvalue weighted by molar-refractivity contribution is 0.0849. The van der Waals surface area contributed by atoms with Crippen LogP contribution in [0.4, 0.5) is 0 Å². The Morgan fingerprint density at radius 1 is 0.926 bits per heavy atom. The molecule has 3 N–H and O–H groups in total. The van der Waals surface area contributed by atoms with E-state index in [1.807, 2.05) is 18.2 Å². The number of hydrogen-bond donors (Lipinski definition) is 3. The number of benzene rings is 1.